The number of pyridine rings is 1. The van der Waals surface area contributed by atoms with Crippen molar-refractivity contribution in [2.45, 2.75) is 25.4 Å². The third-order valence-electron chi connectivity index (χ3n) is 4.83. The molecule has 140 valence electrons. The van der Waals surface area contributed by atoms with Crippen molar-refractivity contribution < 1.29 is 9.53 Å². The van der Waals surface area contributed by atoms with Crippen LogP contribution in [-0.2, 0) is 6.54 Å². The van der Waals surface area contributed by atoms with Crippen molar-refractivity contribution in [3.05, 3.63) is 55.0 Å². The van der Waals surface area contributed by atoms with Gasteiger partial charge in [-0.25, -0.2) is 4.79 Å². The minimum Gasteiger partial charge on any atom is -0.489 e. The molecule has 0 spiro atoms. The van der Waals surface area contributed by atoms with Gasteiger partial charge in [0, 0.05) is 30.5 Å². The first-order valence-electron chi connectivity index (χ1n) is 9.30. The van der Waals surface area contributed by atoms with Gasteiger partial charge in [0.1, 0.15) is 17.9 Å². The van der Waals surface area contributed by atoms with E-state index in [0.717, 1.165) is 42.6 Å². The Bertz CT molecular complexity index is 891. The molecule has 1 aromatic carbocycles. The number of ether oxygens (including phenoxy) is 1. The zero-order valence-corrected chi connectivity index (χ0v) is 15.1. The molecule has 1 aliphatic heterocycles. The molecule has 7 nitrogen and oxygen atoms in total. The predicted octanol–water partition coefficient (Wildman–Crippen LogP) is 2.68. The van der Waals surface area contributed by atoms with Crippen LogP contribution in [0.25, 0.3) is 10.9 Å². The van der Waals surface area contributed by atoms with Crippen molar-refractivity contribution in [3.8, 4) is 5.75 Å². The maximum absolute atomic E-state index is 12.5. The largest absolute Gasteiger partial charge is 0.489 e. The molecule has 3 aromatic rings. The maximum atomic E-state index is 12.5. The second kappa shape index (κ2) is 8.07. The topological polar surface area (TPSA) is 72.3 Å². The normalized spacial score (nSPS) is 16.6. The van der Waals surface area contributed by atoms with Crippen LogP contribution in [0.1, 0.15) is 12.8 Å². The zero-order chi connectivity index (χ0) is 18.5. The summed E-state index contributed by atoms with van der Waals surface area (Å²) < 4.78 is 7.72. The van der Waals surface area contributed by atoms with E-state index in [1.165, 1.54) is 0 Å². The molecule has 7 heteroatoms. The number of hydrogen-bond acceptors (Lipinski definition) is 4. The van der Waals surface area contributed by atoms with E-state index in [9.17, 15) is 4.79 Å². The number of nitrogens with zero attached hydrogens (tertiary/aromatic N) is 4. The van der Waals surface area contributed by atoms with Gasteiger partial charge in [0.15, 0.2) is 0 Å². The Labute approximate surface area is 157 Å². The first kappa shape index (κ1) is 17.3. The number of nitrogens with one attached hydrogen (secondary N) is 1. The summed E-state index contributed by atoms with van der Waals surface area (Å²) in [7, 11) is 0. The first-order valence-corrected chi connectivity index (χ1v) is 9.30. The monoisotopic (exact) mass is 365 g/mol. The number of fused-ring (bicyclic) bond motifs is 1. The summed E-state index contributed by atoms with van der Waals surface area (Å²) in [6.45, 7) is 2.37. The highest BCUT2D eigenvalue weighted by Crippen LogP contribution is 2.22. The lowest BCUT2D eigenvalue weighted by Crippen LogP contribution is -2.45. The molecule has 1 fully saturated rings. The summed E-state index contributed by atoms with van der Waals surface area (Å²) in [5.41, 5.74) is 0.838. The second-order valence-electron chi connectivity index (χ2n) is 6.63. The standard InChI is InChI=1S/C20H23N5O2/c26-20(25-13-3-7-17(25)15-24-12-4-10-23-24)22-11-14-27-18-8-1-5-16-6-2-9-21-19(16)18/h1-2,4-6,8-10,12,17H,3,7,11,13-15H2,(H,22,26). The lowest BCUT2D eigenvalue weighted by atomic mass is 10.2. The van der Waals surface area contributed by atoms with Gasteiger partial charge in [0.05, 0.1) is 19.1 Å². The van der Waals surface area contributed by atoms with Crippen molar-refractivity contribution in [3.63, 3.8) is 0 Å². The Balaban J connectivity index is 1.28. The molecule has 0 radical (unpaired) electrons. The van der Waals surface area contributed by atoms with Crippen LogP contribution in [0.15, 0.2) is 55.0 Å². The third-order valence-corrected chi connectivity index (χ3v) is 4.83. The fraction of sp³-hybridized carbons (Fsp3) is 0.350. The molecule has 2 aromatic heterocycles. The van der Waals surface area contributed by atoms with E-state index in [2.05, 4.69) is 15.4 Å². The minimum absolute atomic E-state index is 0.0377. The Kier molecular flexibility index (Phi) is 5.18. The highest BCUT2D eigenvalue weighted by Gasteiger charge is 2.28. The average Bonchev–Trinajstić information content (AvgIpc) is 3.37. The Morgan fingerprint density at radius 3 is 3.04 bits per heavy atom. The highest BCUT2D eigenvalue weighted by atomic mass is 16.5. The van der Waals surface area contributed by atoms with Crippen LogP contribution < -0.4 is 10.1 Å². The number of carbonyl (C=O) groups is 1. The molecule has 1 saturated heterocycles. The number of rotatable bonds is 6. The molecular formula is C20H23N5O2. The van der Waals surface area contributed by atoms with Crippen LogP contribution in [0.4, 0.5) is 4.79 Å². The van der Waals surface area contributed by atoms with Gasteiger partial charge in [-0.15, -0.1) is 0 Å². The van der Waals surface area contributed by atoms with Gasteiger partial charge in [0.25, 0.3) is 0 Å². The summed E-state index contributed by atoms with van der Waals surface area (Å²) >= 11 is 0. The Hall–Kier alpha value is -3.09. The van der Waals surface area contributed by atoms with Gasteiger partial charge >= 0.3 is 6.03 Å². The molecule has 0 saturated carbocycles. The lowest BCUT2D eigenvalue weighted by molar-refractivity contribution is 0.183. The van der Waals surface area contributed by atoms with E-state index in [0.29, 0.717) is 13.2 Å². The number of likely N-dealkylation sites (tertiary alicyclic amines) is 1. The Morgan fingerprint density at radius 1 is 1.22 bits per heavy atom. The van der Waals surface area contributed by atoms with E-state index in [1.54, 1.807) is 12.4 Å². The van der Waals surface area contributed by atoms with Crippen LogP contribution in [0.5, 0.6) is 5.75 Å². The van der Waals surface area contributed by atoms with Crippen molar-refractivity contribution in [2.24, 2.45) is 0 Å². The summed E-state index contributed by atoms with van der Waals surface area (Å²) in [5.74, 6) is 0.736. The number of amides is 2. The van der Waals surface area contributed by atoms with Crippen LogP contribution in [-0.4, -0.2) is 51.4 Å². The number of aromatic nitrogens is 3. The van der Waals surface area contributed by atoms with Crippen LogP contribution in [0, 0.1) is 0 Å². The number of hydrogen-bond donors (Lipinski definition) is 1. The number of carbonyl (C=O) groups excluding carboxylic acids is 1. The molecule has 1 aliphatic rings. The van der Waals surface area contributed by atoms with Gasteiger partial charge in [-0.1, -0.05) is 18.2 Å². The van der Waals surface area contributed by atoms with Gasteiger partial charge in [0.2, 0.25) is 0 Å². The van der Waals surface area contributed by atoms with Crippen molar-refractivity contribution >= 4 is 16.9 Å². The molecule has 4 rings (SSSR count). The maximum Gasteiger partial charge on any atom is 0.317 e. The summed E-state index contributed by atoms with van der Waals surface area (Å²) in [4.78, 5) is 18.8. The van der Waals surface area contributed by atoms with Crippen LogP contribution >= 0.6 is 0 Å². The lowest BCUT2D eigenvalue weighted by Gasteiger charge is -2.25. The fourth-order valence-electron chi connectivity index (χ4n) is 3.53. The quantitative estimate of drug-likeness (QED) is 0.682. The zero-order valence-electron chi connectivity index (χ0n) is 15.1. The SMILES string of the molecule is O=C(NCCOc1cccc2cccnc12)N1CCCC1Cn1cccn1. The summed E-state index contributed by atoms with van der Waals surface area (Å²) in [6.07, 6.45) is 7.48. The molecule has 1 N–H and O–H groups in total. The average molecular weight is 365 g/mol. The molecule has 1 unspecified atom stereocenters. The van der Waals surface area contributed by atoms with E-state index >= 15 is 0 Å². The molecule has 0 bridgehead atoms. The van der Waals surface area contributed by atoms with Gasteiger partial charge in [-0.3, -0.25) is 9.67 Å². The van der Waals surface area contributed by atoms with E-state index in [-0.39, 0.29) is 12.1 Å². The predicted molar refractivity (Wildman–Crippen MR) is 103 cm³/mol. The molecule has 27 heavy (non-hydrogen) atoms. The number of benzene rings is 1. The fourth-order valence-corrected chi connectivity index (χ4v) is 3.53. The van der Waals surface area contributed by atoms with Gasteiger partial charge in [-0.2, -0.15) is 5.10 Å². The first-order chi connectivity index (χ1) is 13.3. The number of para-hydroxylation sites is 1. The van der Waals surface area contributed by atoms with Crippen molar-refractivity contribution in [1.29, 1.82) is 0 Å². The smallest absolute Gasteiger partial charge is 0.317 e. The third kappa shape index (κ3) is 4.02. The van der Waals surface area contributed by atoms with Crippen molar-refractivity contribution in [1.82, 2.24) is 25.0 Å². The van der Waals surface area contributed by atoms with Crippen LogP contribution in [0.3, 0.4) is 0 Å². The number of urea groups is 1. The van der Waals surface area contributed by atoms with Crippen LogP contribution in [0.2, 0.25) is 0 Å². The molecule has 1 atom stereocenters. The molecule has 0 aliphatic carbocycles. The molecule has 3 heterocycles. The van der Waals surface area contributed by atoms with E-state index in [4.69, 9.17) is 4.74 Å². The second-order valence-corrected chi connectivity index (χ2v) is 6.63. The summed E-state index contributed by atoms with van der Waals surface area (Å²) in [6, 6.07) is 11.8. The van der Waals surface area contributed by atoms with Gasteiger partial charge in [-0.05, 0) is 31.0 Å². The minimum atomic E-state index is -0.0377. The molecular weight excluding hydrogens is 342 g/mol. The van der Waals surface area contributed by atoms with Gasteiger partial charge < -0.3 is 15.0 Å². The van der Waals surface area contributed by atoms with Crippen molar-refractivity contribution in [2.75, 3.05) is 19.7 Å². The summed E-state index contributed by atoms with van der Waals surface area (Å²) in [5, 5.41) is 8.24. The Morgan fingerprint density at radius 2 is 2.15 bits per heavy atom. The van der Waals surface area contributed by atoms with E-state index < -0.39 is 0 Å². The molecule has 2 amide bonds. The van der Waals surface area contributed by atoms with E-state index in [1.807, 2.05) is 52.2 Å². The highest BCUT2D eigenvalue weighted by molar-refractivity contribution is 5.84.